The summed E-state index contributed by atoms with van der Waals surface area (Å²) in [6.07, 6.45) is -10.1. The standard InChI is InChI=1S/C23H27N7O11/c31-8-13-16(34)17(35)19(37)22(41-13)30-7-11(27-28-30)9-2-1-3-10(25-9)20(38)24-6-12-15(33)18(36)21(40-12)29-5-4-14(32)26-23(29)39/h1-5,7,12-13,15-19,21-22,31,33-37H,6,8H2,(H,24,38)(H,26,32,39)/t12-,13-,15-,16+,17+,18-,19-,21-,22-/m1/s1. The van der Waals surface area contributed by atoms with Gasteiger partial charge < -0.3 is 45.4 Å². The van der Waals surface area contributed by atoms with Crippen LogP contribution in [0.1, 0.15) is 22.9 Å². The Morgan fingerprint density at radius 1 is 0.927 bits per heavy atom. The third-order valence-electron chi connectivity index (χ3n) is 6.81. The molecule has 1 amide bonds. The predicted octanol–water partition coefficient (Wildman–Crippen LogP) is -4.79. The molecule has 5 heterocycles. The van der Waals surface area contributed by atoms with Gasteiger partial charge in [0.05, 0.1) is 18.5 Å². The van der Waals surface area contributed by atoms with Crippen molar-refractivity contribution in [3.8, 4) is 11.4 Å². The second kappa shape index (κ2) is 11.5. The molecule has 0 saturated carbocycles. The number of aliphatic hydroxyl groups is 6. The molecule has 18 nitrogen and oxygen atoms in total. The van der Waals surface area contributed by atoms with E-state index in [1.54, 1.807) is 0 Å². The lowest BCUT2D eigenvalue weighted by Crippen LogP contribution is -2.56. The second-order valence-corrected chi connectivity index (χ2v) is 9.49. The van der Waals surface area contributed by atoms with Crippen molar-refractivity contribution in [2.24, 2.45) is 0 Å². The molecule has 5 rings (SSSR count). The molecular weight excluding hydrogens is 550 g/mol. The lowest BCUT2D eigenvalue weighted by atomic mass is 9.98. The number of rotatable bonds is 7. The van der Waals surface area contributed by atoms with Crippen LogP contribution in [0.2, 0.25) is 0 Å². The third-order valence-corrected chi connectivity index (χ3v) is 6.81. The largest absolute Gasteiger partial charge is 0.394 e. The molecule has 2 saturated heterocycles. The van der Waals surface area contributed by atoms with E-state index in [0.29, 0.717) is 0 Å². The summed E-state index contributed by atoms with van der Waals surface area (Å²) in [6, 6.07) is 5.52. The number of nitrogens with zero attached hydrogens (tertiary/aromatic N) is 5. The lowest BCUT2D eigenvalue weighted by Gasteiger charge is -2.39. The number of nitrogens with one attached hydrogen (secondary N) is 2. The van der Waals surface area contributed by atoms with Crippen LogP contribution in [0.25, 0.3) is 11.4 Å². The van der Waals surface area contributed by atoms with Gasteiger partial charge >= 0.3 is 5.69 Å². The summed E-state index contributed by atoms with van der Waals surface area (Å²) in [5, 5.41) is 70.8. The van der Waals surface area contributed by atoms with E-state index in [2.05, 4.69) is 20.6 Å². The summed E-state index contributed by atoms with van der Waals surface area (Å²) >= 11 is 0. The van der Waals surface area contributed by atoms with Crippen LogP contribution in [0.4, 0.5) is 0 Å². The average Bonchev–Trinajstić information content (AvgIpc) is 3.56. The Morgan fingerprint density at radius 2 is 1.63 bits per heavy atom. The second-order valence-electron chi connectivity index (χ2n) is 9.49. The van der Waals surface area contributed by atoms with Gasteiger partial charge in [0, 0.05) is 18.8 Å². The van der Waals surface area contributed by atoms with Gasteiger partial charge in [-0.1, -0.05) is 11.3 Å². The average molecular weight is 578 g/mol. The number of amides is 1. The third kappa shape index (κ3) is 5.54. The van der Waals surface area contributed by atoms with E-state index >= 15 is 0 Å². The maximum absolute atomic E-state index is 12.8. The van der Waals surface area contributed by atoms with Crippen LogP contribution in [0, 0.1) is 0 Å². The number of ether oxygens (including phenoxy) is 2. The zero-order valence-electron chi connectivity index (χ0n) is 21.0. The van der Waals surface area contributed by atoms with E-state index in [9.17, 15) is 45.0 Å². The first kappa shape index (κ1) is 28.6. The van der Waals surface area contributed by atoms with E-state index in [1.165, 1.54) is 24.4 Å². The number of H-pyrrole nitrogens is 1. The summed E-state index contributed by atoms with van der Waals surface area (Å²) in [4.78, 5) is 42.4. The highest BCUT2D eigenvalue weighted by molar-refractivity contribution is 5.92. The minimum Gasteiger partial charge on any atom is -0.394 e. The molecule has 2 aliphatic heterocycles. The zero-order valence-corrected chi connectivity index (χ0v) is 21.0. The van der Waals surface area contributed by atoms with Gasteiger partial charge in [-0.3, -0.25) is 19.1 Å². The van der Waals surface area contributed by atoms with E-state index in [0.717, 1.165) is 21.5 Å². The van der Waals surface area contributed by atoms with Crippen molar-refractivity contribution >= 4 is 5.91 Å². The molecule has 9 atom stereocenters. The molecule has 0 aliphatic carbocycles. The van der Waals surface area contributed by atoms with Gasteiger partial charge in [0.2, 0.25) is 0 Å². The molecule has 0 bridgehead atoms. The van der Waals surface area contributed by atoms with Crippen molar-refractivity contribution in [3.05, 3.63) is 63.2 Å². The zero-order chi connectivity index (χ0) is 29.4. The van der Waals surface area contributed by atoms with Gasteiger partial charge in [0.1, 0.15) is 54.1 Å². The smallest absolute Gasteiger partial charge is 0.330 e. The van der Waals surface area contributed by atoms with Gasteiger partial charge in [0.15, 0.2) is 12.5 Å². The molecule has 0 radical (unpaired) electrons. The number of aliphatic hydroxyl groups excluding tert-OH is 6. The van der Waals surface area contributed by atoms with Gasteiger partial charge in [-0.05, 0) is 12.1 Å². The SMILES string of the molecule is O=C(NC[C@H]1O[C@@H](n2ccc(=O)[nH]c2=O)[C@H](O)[C@@H]1O)c1cccc(-c2cn([C@@H]3O[C@H](CO)[C@H](O)[C@H](O)[C@H]3O)nn2)n1. The number of aromatic amines is 1. The lowest BCUT2D eigenvalue weighted by molar-refractivity contribution is -0.254. The maximum Gasteiger partial charge on any atom is 0.330 e. The Balaban J connectivity index is 1.25. The van der Waals surface area contributed by atoms with Crippen molar-refractivity contribution in [2.75, 3.05) is 13.2 Å². The maximum atomic E-state index is 12.8. The highest BCUT2D eigenvalue weighted by Crippen LogP contribution is 2.29. The van der Waals surface area contributed by atoms with Crippen molar-refractivity contribution in [1.29, 1.82) is 0 Å². The summed E-state index contributed by atoms with van der Waals surface area (Å²) in [7, 11) is 0. The van der Waals surface area contributed by atoms with E-state index in [1.807, 2.05) is 4.98 Å². The highest BCUT2D eigenvalue weighted by atomic mass is 16.6. The first-order valence-corrected chi connectivity index (χ1v) is 12.4. The van der Waals surface area contributed by atoms with Crippen LogP contribution in [0.5, 0.6) is 0 Å². The van der Waals surface area contributed by atoms with Crippen molar-refractivity contribution in [1.82, 2.24) is 34.8 Å². The molecule has 220 valence electrons. The summed E-state index contributed by atoms with van der Waals surface area (Å²) in [5.74, 6) is -0.664. The number of carbonyl (C=O) groups excluding carboxylic acids is 1. The molecule has 3 aromatic rings. The Morgan fingerprint density at radius 3 is 2.37 bits per heavy atom. The summed E-state index contributed by atoms with van der Waals surface area (Å²) in [5.41, 5.74) is -1.16. The molecule has 41 heavy (non-hydrogen) atoms. The Bertz CT molecular complexity index is 1510. The fourth-order valence-electron chi connectivity index (χ4n) is 4.56. The fraction of sp³-hybridized carbons (Fsp3) is 0.478. The number of carbonyl (C=O) groups is 1. The number of aromatic nitrogens is 6. The highest BCUT2D eigenvalue weighted by Gasteiger charge is 2.45. The molecule has 0 unspecified atom stereocenters. The minimum atomic E-state index is -1.61. The quantitative estimate of drug-likeness (QED) is 0.131. The minimum absolute atomic E-state index is 0.0497. The Hall–Kier alpha value is -3.88. The van der Waals surface area contributed by atoms with Crippen LogP contribution in [-0.4, -0.2) is 122 Å². The van der Waals surface area contributed by atoms with Crippen molar-refractivity contribution in [2.45, 2.75) is 55.2 Å². The Labute approximate surface area is 229 Å². The molecule has 2 fully saturated rings. The molecular formula is C23H27N7O11. The van der Waals surface area contributed by atoms with Gasteiger partial charge in [-0.25, -0.2) is 14.5 Å². The first-order chi connectivity index (χ1) is 19.6. The number of pyridine rings is 1. The molecule has 0 spiro atoms. The molecule has 3 aromatic heterocycles. The van der Waals surface area contributed by atoms with Crippen molar-refractivity contribution in [3.63, 3.8) is 0 Å². The molecule has 2 aliphatic rings. The predicted molar refractivity (Wildman–Crippen MR) is 132 cm³/mol. The summed E-state index contributed by atoms with van der Waals surface area (Å²) in [6.45, 7) is -0.874. The molecule has 8 N–H and O–H groups in total. The molecule has 18 heteroatoms. The van der Waals surface area contributed by atoms with Crippen LogP contribution in [-0.2, 0) is 9.47 Å². The van der Waals surface area contributed by atoms with E-state index in [-0.39, 0.29) is 23.6 Å². The van der Waals surface area contributed by atoms with E-state index in [4.69, 9.17) is 9.47 Å². The monoisotopic (exact) mass is 577 g/mol. The van der Waals surface area contributed by atoms with Crippen LogP contribution >= 0.6 is 0 Å². The number of hydrogen-bond donors (Lipinski definition) is 8. The van der Waals surface area contributed by atoms with Crippen LogP contribution in [0.3, 0.4) is 0 Å². The Kier molecular flexibility index (Phi) is 8.07. The van der Waals surface area contributed by atoms with Gasteiger partial charge in [-0.15, -0.1) is 5.10 Å². The van der Waals surface area contributed by atoms with Crippen LogP contribution < -0.4 is 16.6 Å². The van der Waals surface area contributed by atoms with Gasteiger partial charge in [0.25, 0.3) is 11.5 Å². The fourth-order valence-corrected chi connectivity index (χ4v) is 4.56. The first-order valence-electron chi connectivity index (χ1n) is 12.4. The normalized spacial score (nSPS) is 31.7. The molecule has 0 aromatic carbocycles. The van der Waals surface area contributed by atoms with Crippen molar-refractivity contribution < 1.29 is 44.9 Å². The summed E-state index contributed by atoms with van der Waals surface area (Å²) < 4.78 is 13.0. The topological polar surface area (TPSA) is 267 Å². The van der Waals surface area contributed by atoms with Crippen LogP contribution in [0.15, 0.2) is 46.2 Å². The van der Waals surface area contributed by atoms with Gasteiger partial charge in [-0.2, -0.15) is 0 Å². The van der Waals surface area contributed by atoms with E-state index < -0.39 is 78.9 Å². The number of hydrogen-bond acceptors (Lipinski definition) is 14.